The second-order valence-corrected chi connectivity index (χ2v) is 7.89. The van der Waals surface area contributed by atoms with Gasteiger partial charge in [0.2, 0.25) is 0 Å². The highest BCUT2D eigenvalue weighted by Gasteiger charge is 2.37. The average Bonchev–Trinajstić information content (AvgIpc) is 3.05. The van der Waals surface area contributed by atoms with Crippen molar-refractivity contribution in [3.63, 3.8) is 0 Å². The first kappa shape index (κ1) is 22.0. The number of carbonyl (C=O) groups excluding carboxylic acids is 3. The van der Waals surface area contributed by atoms with E-state index in [1.807, 2.05) is 11.5 Å². The number of nitrogens with zero attached hydrogens (tertiary/aromatic N) is 2. The largest absolute Gasteiger partial charge is 0.478 e. The standard InChI is InChI=1S/C24H18ClN3O5/c1-13-10-16(14(2)27(13)19-5-3-4-15(11-19)23(31)32)12-20-21(29)26-24(33)28(22(20)30)18-8-6-17(25)7-9-18/h3-12H,1-2H3,(H,31,32)(H,26,29,33)/b20-12-. The molecule has 0 spiro atoms. The van der Waals surface area contributed by atoms with E-state index in [2.05, 4.69) is 5.32 Å². The number of nitrogens with one attached hydrogen (secondary N) is 1. The average molecular weight is 464 g/mol. The van der Waals surface area contributed by atoms with Crippen LogP contribution in [-0.4, -0.2) is 33.5 Å². The van der Waals surface area contributed by atoms with Crippen molar-refractivity contribution in [2.45, 2.75) is 13.8 Å². The van der Waals surface area contributed by atoms with Crippen molar-refractivity contribution in [3.8, 4) is 5.69 Å². The van der Waals surface area contributed by atoms with Crippen molar-refractivity contribution in [2.75, 3.05) is 4.90 Å². The lowest BCUT2D eigenvalue weighted by molar-refractivity contribution is -0.122. The summed E-state index contributed by atoms with van der Waals surface area (Å²) in [6.45, 7) is 3.62. The number of carboxylic acid groups (broad SMARTS) is 1. The van der Waals surface area contributed by atoms with Crippen LogP contribution in [0.25, 0.3) is 11.8 Å². The van der Waals surface area contributed by atoms with Gasteiger partial charge in [-0.05, 0) is 74.0 Å². The van der Waals surface area contributed by atoms with Gasteiger partial charge in [-0.2, -0.15) is 0 Å². The molecule has 3 aromatic rings. The van der Waals surface area contributed by atoms with E-state index in [-0.39, 0.29) is 16.8 Å². The Morgan fingerprint density at radius 2 is 1.70 bits per heavy atom. The SMILES string of the molecule is Cc1cc(/C=C2/C(=O)NC(=O)N(c3ccc(Cl)cc3)C2=O)c(C)n1-c1cccc(C(=O)O)c1. The first-order valence-corrected chi connectivity index (χ1v) is 10.2. The van der Waals surface area contributed by atoms with E-state index in [1.165, 1.54) is 36.4 Å². The highest BCUT2D eigenvalue weighted by Crippen LogP contribution is 2.27. The number of barbiturate groups is 1. The van der Waals surface area contributed by atoms with Gasteiger partial charge < -0.3 is 9.67 Å². The quantitative estimate of drug-likeness (QED) is 0.447. The van der Waals surface area contributed by atoms with Crippen molar-refractivity contribution in [3.05, 3.63) is 87.7 Å². The third kappa shape index (κ3) is 4.04. The summed E-state index contributed by atoms with van der Waals surface area (Å²) in [4.78, 5) is 50.2. The molecule has 2 heterocycles. The zero-order chi connectivity index (χ0) is 23.9. The summed E-state index contributed by atoms with van der Waals surface area (Å²) in [5.74, 6) is -2.60. The molecule has 0 aliphatic carbocycles. The molecule has 0 saturated carbocycles. The predicted octanol–water partition coefficient (Wildman–Crippen LogP) is 4.11. The van der Waals surface area contributed by atoms with E-state index in [9.17, 15) is 24.3 Å². The molecule has 9 heteroatoms. The number of carbonyl (C=O) groups is 4. The van der Waals surface area contributed by atoms with Crippen LogP contribution in [0.4, 0.5) is 10.5 Å². The van der Waals surface area contributed by atoms with Gasteiger partial charge in [0.1, 0.15) is 5.57 Å². The molecule has 0 radical (unpaired) electrons. The second-order valence-electron chi connectivity index (χ2n) is 7.45. The Morgan fingerprint density at radius 1 is 1.00 bits per heavy atom. The number of halogens is 1. The molecule has 1 saturated heterocycles. The number of imide groups is 2. The minimum absolute atomic E-state index is 0.138. The molecule has 8 nitrogen and oxygen atoms in total. The van der Waals surface area contributed by atoms with Crippen LogP contribution >= 0.6 is 11.6 Å². The normalized spacial score (nSPS) is 15.2. The topological polar surface area (TPSA) is 109 Å². The molecule has 0 atom stereocenters. The summed E-state index contributed by atoms with van der Waals surface area (Å²) in [6.07, 6.45) is 1.42. The molecule has 4 rings (SSSR count). The lowest BCUT2D eigenvalue weighted by Gasteiger charge is -2.26. The number of aryl methyl sites for hydroxylation is 1. The summed E-state index contributed by atoms with van der Waals surface area (Å²) in [5.41, 5.74) is 2.89. The van der Waals surface area contributed by atoms with E-state index in [4.69, 9.17) is 11.6 Å². The fourth-order valence-corrected chi connectivity index (χ4v) is 3.87. The molecule has 1 aliphatic heterocycles. The van der Waals surface area contributed by atoms with Crippen molar-refractivity contribution in [1.29, 1.82) is 0 Å². The van der Waals surface area contributed by atoms with Crippen molar-refractivity contribution in [2.24, 2.45) is 0 Å². The van der Waals surface area contributed by atoms with E-state index in [1.54, 1.807) is 31.2 Å². The molecule has 2 N–H and O–H groups in total. The highest BCUT2D eigenvalue weighted by atomic mass is 35.5. The third-order valence-electron chi connectivity index (χ3n) is 5.31. The zero-order valence-corrected chi connectivity index (χ0v) is 18.4. The number of hydrogen-bond donors (Lipinski definition) is 2. The van der Waals surface area contributed by atoms with Gasteiger partial charge >= 0.3 is 12.0 Å². The fourth-order valence-electron chi connectivity index (χ4n) is 3.75. The van der Waals surface area contributed by atoms with Crippen LogP contribution in [0.5, 0.6) is 0 Å². The molecule has 2 aromatic carbocycles. The number of carboxylic acids is 1. The minimum Gasteiger partial charge on any atom is -0.478 e. The second kappa shape index (κ2) is 8.40. The molecule has 1 aromatic heterocycles. The summed E-state index contributed by atoms with van der Waals surface area (Å²) >= 11 is 5.89. The summed E-state index contributed by atoms with van der Waals surface area (Å²) in [7, 11) is 0. The Labute approximate surface area is 193 Å². The van der Waals surface area contributed by atoms with Gasteiger partial charge in [0.15, 0.2) is 0 Å². The first-order valence-electron chi connectivity index (χ1n) is 9.87. The Hall–Kier alpha value is -4.17. The molecule has 166 valence electrons. The monoisotopic (exact) mass is 463 g/mol. The highest BCUT2D eigenvalue weighted by molar-refractivity contribution is 6.39. The number of rotatable bonds is 4. The third-order valence-corrected chi connectivity index (χ3v) is 5.56. The van der Waals surface area contributed by atoms with Gasteiger partial charge in [0, 0.05) is 22.1 Å². The number of hydrogen-bond acceptors (Lipinski definition) is 4. The van der Waals surface area contributed by atoms with Crippen molar-refractivity contribution in [1.82, 2.24) is 9.88 Å². The lowest BCUT2D eigenvalue weighted by Crippen LogP contribution is -2.54. The van der Waals surface area contributed by atoms with E-state index in [0.717, 1.165) is 10.6 Å². The number of amides is 4. The number of aromatic nitrogens is 1. The Balaban J connectivity index is 1.76. The van der Waals surface area contributed by atoms with Crippen LogP contribution in [0.2, 0.25) is 5.02 Å². The molecule has 1 aliphatic rings. The Kier molecular flexibility index (Phi) is 5.61. The fraction of sp³-hybridized carbons (Fsp3) is 0.0833. The maximum absolute atomic E-state index is 13.1. The van der Waals surface area contributed by atoms with Gasteiger partial charge in [-0.1, -0.05) is 17.7 Å². The van der Waals surface area contributed by atoms with Gasteiger partial charge in [-0.3, -0.25) is 14.9 Å². The Morgan fingerprint density at radius 3 is 2.36 bits per heavy atom. The number of anilines is 1. The van der Waals surface area contributed by atoms with Crippen LogP contribution in [0.3, 0.4) is 0 Å². The van der Waals surface area contributed by atoms with Crippen LogP contribution in [0, 0.1) is 13.8 Å². The van der Waals surface area contributed by atoms with Crippen LogP contribution in [0.1, 0.15) is 27.3 Å². The zero-order valence-electron chi connectivity index (χ0n) is 17.6. The summed E-state index contributed by atoms with van der Waals surface area (Å²) < 4.78 is 1.83. The lowest BCUT2D eigenvalue weighted by atomic mass is 10.1. The van der Waals surface area contributed by atoms with Crippen molar-refractivity contribution >= 4 is 47.2 Å². The summed E-state index contributed by atoms with van der Waals surface area (Å²) in [6, 6.07) is 13.5. The van der Waals surface area contributed by atoms with Gasteiger partial charge in [-0.15, -0.1) is 0 Å². The Bertz CT molecular complexity index is 1350. The number of aromatic carboxylic acids is 1. The van der Waals surface area contributed by atoms with Gasteiger partial charge in [-0.25, -0.2) is 14.5 Å². The van der Waals surface area contributed by atoms with Crippen LogP contribution in [0.15, 0.2) is 60.2 Å². The molecule has 4 amide bonds. The smallest absolute Gasteiger partial charge is 0.335 e. The van der Waals surface area contributed by atoms with E-state index >= 15 is 0 Å². The molecular formula is C24H18ClN3O5. The number of benzene rings is 2. The molecular weight excluding hydrogens is 446 g/mol. The molecule has 0 unspecified atom stereocenters. The maximum Gasteiger partial charge on any atom is 0.335 e. The maximum atomic E-state index is 13.1. The van der Waals surface area contributed by atoms with Crippen LogP contribution in [-0.2, 0) is 9.59 Å². The number of urea groups is 1. The molecule has 33 heavy (non-hydrogen) atoms. The van der Waals surface area contributed by atoms with Crippen LogP contribution < -0.4 is 10.2 Å². The predicted molar refractivity (Wildman–Crippen MR) is 123 cm³/mol. The van der Waals surface area contributed by atoms with E-state index in [0.29, 0.717) is 22.0 Å². The molecule has 0 bridgehead atoms. The first-order chi connectivity index (χ1) is 15.7. The van der Waals surface area contributed by atoms with Gasteiger partial charge in [0.05, 0.1) is 11.3 Å². The minimum atomic E-state index is -1.04. The van der Waals surface area contributed by atoms with Gasteiger partial charge in [0.25, 0.3) is 11.8 Å². The van der Waals surface area contributed by atoms with E-state index < -0.39 is 23.8 Å². The van der Waals surface area contributed by atoms with Crippen molar-refractivity contribution < 1.29 is 24.3 Å². The summed E-state index contributed by atoms with van der Waals surface area (Å²) in [5, 5.41) is 11.9. The molecule has 1 fully saturated rings.